The number of benzene rings is 4. The van der Waals surface area contributed by atoms with E-state index in [4.69, 9.17) is 19.0 Å². The fourth-order valence-corrected chi connectivity index (χ4v) is 10.2. The molecule has 336 valence electrons. The van der Waals surface area contributed by atoms with E-state index >= 15 is 8.78 Å². The molecule has 0 saturated heterocycles. The summed E-state index contributed by atoms with van der Waals surface area (Å²) in [6.45, 7) is 20.2. The molecule has 0 fully saturated rings. The Morgan fingerprint density at radius 1 is 0.905 bits per heavy atom. The van der Waals surface area contributed by atoms with Gasteiger partial charge in [0.1, 0.15) is 11.6 Å². The van der Waals surface area contributed by atoms with Crippen LogP contribution in [0, 0.1) is 24.0 Å². The maximum atomic E-state index is 16.3. The Kier molecular flexibility index (Phi) is 14.6. The van der Waals surface area contributed by atoms with E-state index in [1.54, 1.807) is 25.1 Å². The van der Waals surface area contributed by atoms with Crippen molar-refractivity contribution in [2.24, 2.45) is 5.41 Å². The maximum Gasteiger partial charge on any atom is 0.310 e. The van der Waals surface area contributed by atoms with Crippen molar-refractivity contribution in [1.29, 1.82) is 0 Å². The molecule has 0 aliphatic rings. The van der Waals surface area contributed by atoms with Gasteiger partial charge in [-0.1, -0.05) is 93.2 Å². The van der Waals surface area contributed by atoms with Crippen LogP contribution in [0.5, 0.6) is 11.5 Å². The summed E-state index contributed by atoms with van der Waals surface area (Å²) in [5.41, 5.74) is 2.53. The van der Waals surface area contributed by atoms with Crippen LogP contribution in [0.3, 0.4) is 0 Å². The number of rotatable bonds is 18. The molecule has 0 saturated carbocycles. The lowest BCUT2D eigenvalue weighted by Gasteiger charge is -2.39. The van der Waals surface area contributed by atoms with Gasteiger partial charge in [-0.15, -0.1) is 0 Å². The van der Waals surface area contributed by atoms with E-state index in [1.807, 2.05) is 29.9 Å². The summed E-state index contributed by atoms with van der Waals surface area (Å²) in [5.74, 6) is -2.37. The smallest absolute Gasteiger partial charge is 0.310 e. The van der Waals surface area contributed by atoms with E-state index in [1.165, 1.54) is 42.6 Å². The van der Waals surface area contributed by atoms with E-state index < -0.39 is 42.4 Å². The van der Waals surface area contributed by atoms with Gasteiger partial charge in [0, 0.05) is 46.1 Å². The van der Waals surface area contributed by atoms with Crippen LogP contribution in [-0.4, -0.2) is 49.7 Å². The molecule has 1 atom stereocenters. The van der Waals surface area contributed by atoms with Crippen molar-refractivity contribution in [3.8, 4) is 22.8 Å². The molecule has 14 heteroatoms. The van der Waals surface area contributed by atoms with Crippen LogP contribution < -0.4 is 4.74 Å². The molecule has 6 aromatic rings. The number of halogens is 3. The lowest BCUT2D eigenvalue weighted by molar-refractivity contribution is -0.142. The molecule has 0 aliphatic heterocycles. The Bertz CT molecular complexity index is 2690. The van der Waals surface area contributed by atoms with E-state index in [9.17, 15) is 13.2 Å². The molecular formula is C49H58BrF2N3O6SSi. The number of fused-ring (bicyclic) bond motifs is 1. The average Bonchev–Trinajstić information content (AvgIpc) is 3.87. The number of carbonyl (C=O) groups is 1. The molecule has 4 aromatic carbocycles. The third-order valence-electron chi connectivity index (χ3n) is 12.0. The normalized spacial score (nSPS) is 13.1. The minimum Gasteiger partial charge on any atom is -0.466 e. The van der Waals surface area contributed by atoms with Gasteiger partial charge >= 0.3 is 5.97 Å². The monoisotopic (exact) mass is 961 g/mol. The maximum absolute atomic E-state index is 16.3. The van der Waals surface area contributed by atoms with Crippen LogP contribution in [0.1, 0.15) is 90.0 Å². The van der Waals surface area contributed by atoms with Crippen LogP contribution >= 0.6 is 15.9 Å². The number of nitrogens with zero attached hydrogens (tertiary/aromatic N) is 3. The lowest BCUT2D eigenvalue weighted by atomic mass is 9.87. The Labute approximate surface area is 380 Å². The summed E-state index contributed by atoms with van der Waals surface area (Å²) in [5, 5.41) is 5.31. The topological polar surface area (TPSA) is 102 Å². The molecule has 0 amide bonds. The summed E-state index contributed by atoms with van der Waals surface area (Å²) < 4.78 is 81.3. The van der Waals surface area contributed by atoms with Crippen molar-refractivity contribution < 1.29 is 35.9 Å². The second-order valence-corrected chi connectivity index (χ2v) is 26.0. The van der Waals surface area contributed by atoms with Crippen LogP contribution in [0.15, 0.2) is 107 Å². The average molecular weight is 963 g/mol. The van der Waals surface area contributed by atoms with Gasteiger partial charge in [0.05, 0.1) is 35.2 Å². The second kappa shape index (κ2) is 19.2. The van der Waals surface area contributed by atoms with Gasteiger partial charge in [-0.2, -0.15) is 5.10 Å². The van der Waals surface area contributed by atoms with Crippen LogP contribution in [0.25, 0.3) is 22.2 Å². The predicted octanol–water partition coefficient (Wildman–Crippen LogP) is 13.2. The van der Waals surface area contributed by atoms with Gasteiger partial charge in [-0.05, 0) is 110 Å². The van der Waals surface area contributed by atoms with E-state index in [0.717, 1.165) is 57.9 Å². The summed E-state index contributed by atoms with van der Waals surface area (Å²) in [6, 6.07) is 22.6. The zero-order valence-electron chi connectivity index (χ0n) is 37.6. The van der Waals surface area contributed by atoms with E-state index in [0.29, 0.717) is 5.69 Å². The number of unbranched alkanes of at least 4 members (excludes halogenated alkanes) is 1. The Morgan fingerprint density at radius 2 is 1.63 bits per heavy atom. The Balaban J connectivity index is 1.27. The molecule has 1 unspecified atom stereocenters. The zero-order valence-corrected chi connectivity index (χ0v) is 41.0. The Hall–Kier alpha value is -4.63. The summed E-state index contributed by atoms with van der Waals surface area (Å²) >= 11 is 3.63. The largest absolute Gasteiger partial charge is 0.466 e. The van der Waals surface area contributed by atoms with Gasteiger partial charge in [-0.3, -0.25) is 9.48 Å². The predicted molar refractivity (Wildman–Crippen MR) is 251 cm³/mol. The molecule has 0 N–H and O–H groups in total. The SMILES string of the molecule is CCOC(=O)Cc1c(Oc2ccc(F)c(-c3ccn(C(CCCCC(C)(C)CO[Si](C)(C)C(C)(C)C)c4cccc(Br)c4)n3)c2)c(F)cc2c1ccn2S(=O)(=O)c1ccc(C)cc1. The fourth-order valence-electron chi connectivity index (χ4n) is 7.26. The quantitative estimate of drug-likeness (QED) is 0.0480. The fraction of sp³-hybridized carbons (Fsp3) is 0.388. The number of hydrogen-bond acceptors (Lipinski definition) is 7. The first-order valence-corrected chi connectivity index (χ1v) is 26.5. The van der Waals surface area contributed by atoms with Gasteiger partial charge in [0.25, 0.3) is 10.0 Å². The summed E-state index contributed by atoms with van der Waals surface area (Å²) in [6.07, 6.45) is 6.46. The molecule has 2 heterocycles. The van der Waals surface area contributed by atoms with Crippen LogP contribution in [0.2, 0.25) is 18.1 Å². The number of carbonyl (C=O) groups excluding carboxylic acids is 1. The molecule has 0 bridgehead atoms. The minimum absolute atomic E-state index is 0.0180. The van der Waals surface area contributed by atoms with Crippen LogP contribution in [-0.2, 0) is 30.4 Å². The molecular weight excluding hydrogens is 905 g/mol. The lowest BCUT2D eigenvalue weighted by Crippen LogP contribution is -2.43. The van der Waals surface area contributed by atoms with Gasteiger partial charge in [-0.25, -0.2) is 21.2 Å². The number of ether oxygens (including phenoxy) is 2. The number of hydrogen-bond donors (Lipinski definition) is 0. The molecule has 63 heavy (non-hydrogen) atoms. The first-order valence-electron chi connectivity index (χ1n) is 21.3. The van der Waals surface area contributed by atoms with Crippen molar-refractivity contribution in [3.05, 3.63) is 130 Å². The minimum atomic E-state index is -4.14. The van der Waals surface area contributed by atoms with Gasteiger partial charge in [0.15, 0.2) is 19.9 Å². The number of esters is 1. The van der Waals surface area contributed by atoms with Gasteiger partial charge in [0.2, 0.25) is 0 Å². The summed E-state index contributed by atoms with van der Waals surface area (Å²) in [7, 11) is -6.01. The van der Waals surface area contributed by atoms with Crippen molar-refractivity contribution in [3.63, 3.8) is 0 Å². The third-order valence-corrected chi connectivity index (χ3v) is 18.7. The van der Waals surface area contributed by atoms with E-state index in [2.05, 4.69) is 75.8 Å². The van der Waals surface area contributed by atoms with Crippen molar-refractivity contribution in [1.82, 2.24) is 13.8 Å². The first kappa shape index (κ1) is 47.8. The highest BCUT2D eigenvalue weighted by atomic mass is 79.9. The molecule has 2 aromatic heterocycles. The molecule has 0 aliphatic carbocycles. The number of aromatic nitrogens is 3. The highest BCUT2D eigenvalue weighted by molar-refractivity contribution is 9.10. The van der Waals surface area contributed by atoms with E-state index in [-0.39, 0.29) is 61.5 Å². The van der Waals surface area contributed by atoms with Gasteiger partial charge < -0.3 is 13.9 Å². The highest BCUT2D eigenvalue weighted by Gasteiger charge is 2.38. The van der Waals surface area contributed by atoms with Crippen LogP contribution in [0.4, 0.5) is 8.78 Å². The zero-order chi connectivity index (χ0) is 45.9. The van der Waals surface area contributed by atoms with Crippen molar-refractivity contribution in [2.75, 3.05) is 13.2 Å². The third kappa shape index (κ3) is 11.2. The van der Waals surface area contributed by atoms with Crippen molar-refractivity contribution >= 4 is 51.1 Å². The van der Waals surface area contributed by atoms with Crippen molar-refractivity contribution in [2.45, 2.75) is 110 Å². The highest BCUT2D eigenvalue weighted by Crippen LogP contribution is 2.40. The molecule has 9 nitrogen and oxygen atoms in total. The molecule has 0 spiro atoms. The standard InChI is InChI=1S/C49H58BrF2N3O6SSi/c1-10-59-46(56)30-39-38-23-27-55(62(57,58)37-20-17-33(2)18-21-37)45(38)31-42(52)47(39)61-36-19-22-41(51)40(29-36)43-24-26-54(53-43)44(34-14-13-15-35(50)28-34)16-11-12-25-49(6,7)32-60-63(8,9)48(3,4)5/h13-15,17-24,26-29,31,44H,10-12,16,25,30,32H2,1-9H3. The Morgan fingerprint density at radius 3 is 2.32 bits per heavy atom. The second-order valence-electron chi connectivity index (χ2n) is 18.5. The molecule has 6 rings (SSSR count). The molecule has 0 radical (unpaired) electrons. The summed E-state index contributed by atoms with van der Waals surface area (Å²) in [4.78, 5) is 12.9. The number of aryl methyl sites for hydroxylation is 1. The first-order chi connectivity index (χ1) is 29.6.